The van der Waals surface area contributed by atoms with Crippen molar-refractivity contribution in [1.29, 1.82) is 0 Å². The molecule has 0 N–H and O–H groups in total. The van der Waals surface area contributed by atoms with Gasteiger partial charge in [-0.25, -0.2) is 23.3 Å². The molecule has 0 bridgehead atoms. The Bertz CT molecular complexity index is 1070. The highest BCUT2D eigenvalue weighted by atomic mass is 19.3. The summed E-state index contributed by atoms with van der Waals surface area (Å²) < 4.78 is 28.9. The highest BCUT2D eigenvalue weighted by molar-refractivity contribution is 5.94. The lowest BCUT2D eigenvalue weighted by Gasteiger charge is -2.10. The van der Waals surface area contributed by atoms with E-state index in [1.807, 2.05) is 13.8 Å². The predicted molar refractivity (Wildman–Crippen MR) is 99.0 cm³/mol. The maximum Gasteiger partial charge on any atom is 0.256 e. The van der Waals surface area contributed by atoms with Crippen LogP contribution in [0.25, 0.3) is 17.8 Å². The zero-order valence-electron chi connectivity index (χ0n) is 15.5. The van der Waals surface area contributed by atoms with Gasteiger partial charge >= 0.3 is 0 Å². The van der Waals surface area contributed by atoms with Gasteiger partial charge in [0.15, 0.2) is 17.3 Å². The maximum absolute atomic E-state index is 13.0. The zero-order chi connectivity index (χ0) is 19.8. The summed E-state index contributed by atoms with van der Waals surface area (Å²) in [4.78, 5) is 26.5. The lowest BCUT2D eigenvalue weighted by molar-refractivity contribution is -0.117. The van der Waals surface area contributed by atoms with E-state index in [0.717, 1.165) is 17.8 Å². The van der Waals surface area contributed by atoms with Gasteiger partial charge in [-0.15, -0.1) is 5.10 Å². The minimum Gasteiger partial charge on any atom is -0.323 e. The maximum atomic E-state index is 13.0. The van der Waals surface area contributed by atoms with Gasteiger partial charge in [-0.05, 0) is 32.4 Å². The fraction of sp³-hybridized carbons (Fsp3) is 0.389. The SMILES string of the molecule is Cc1ncc2nc(/C=C/c3nc(N4CCCC4=O)cn3CC(F)F)nn2c1C. The molecular formula is C18H19F2N7O. The Morgan fingerprint density at radius 3 is 2.79 bits per heavy atom. The van der Waals surface area contributed by atoms with Crippen molar-refractivity contribution < 1.29 is 13.6 Å². The molecule has 10 heteroatoms. The first kappa shape index (κ1) is 18.2. The van der Waals surface area contributed by atoms with E-state index in [0.29, 0.717) is 36.1 Å². The molecule has 4 heterocycles. The van der Waals surface area contributed by atoms with Crippen molar-refractivity contribution in [2.24, 2.45) is 0 Å². The number of imidazole rings is 1. The summed E-state index contributed by atoms with van der Waals surface area (Å²) >= 11 is 0. The third-order valence-electron chi connectivity index (χ3n) is 4.72. The monoisotopic (exact) mass is 387 g/mol. The minimum atomic E-state index is -2.53. The van der Waals surface area contributed by atoms with Gasteiger partial charge in [0.1, 0.15) is 5.82 Å². The van der Waals surface area contributed by atoms with E-state index in [9.17, 15) is 13.6 Å². The minimum absolute atomic E-state index is 0.0439. The van der Waals surface area contributed by atoms with Crippen molar-refractivity contribution in [2.75, 3.05) is 11.4 Å². The Morgan fingerprint density at radius 1 is 1.25 bits per heavy atom. The summed E-state index contributed by atoms with van der Waals surface area (Å²) in [5, 5.41) is 4.40. The van der Waals surface area contributed by atoms with E-state index >= 15 is 0 Å². The topological polar surface area (TPSA) is 81.2 Å². The number of hydrogen-bond donors (Lipinski definition) is 0. The van der Waals surface area contributed by atoms with Gasteiger partial charge < -0.3 is 4.57 Å². The molecule has 0 saturated carbocycles. The normalized spacial score (nSPS) is 15.0. The molecule has 0 unspecified atom stereocenters. The second-order valence-corrected chi connectivity index (χ2v) is 6.65. The first-order valence-corrected chi connectivity index (χ1v) is 8.95. The van der Waals surface area contributed by atoms with E-state index in [-0.39, 0.29) is 5.91 Å². The fourth-order valence-corrected chi connectivity index (χ4v) is 3.16. The molecule has 8 nitrogen and oxygen atoms in total. The molecule has 1 fully saturated rings. The summed E-state index contributed by atoms with van der Waals surface area (Å²) in [5.74, 6) is 1.08. The zero-order valence-corrected chi connectivity index (χ0v) is 15.5. The van der Waals surface area contributed by atoms with Crippen molar-refractivity contribution in [3.63, 3.8) is 0 Å². The fourth-order valence-electron chi connectivity index (χ4n) is 3.16. The Labute approximate surface area is 159 Å². The van der Waals surface area contributed by atoms with Crippen molar-refractivity contribution in [2.45, 2.75) is 39.7 Å². The average molecular weight is 387 g/mol. The van der Waals surface area contributed by atoms with Gasteiger partial charge in [-0.3, -0.25) is 14.7 Å². The summed E-state index contributed by atoms with van der Waals surface area (Å²) in [5.41, 5.74) is 2.32. The van der Waals surface area contributed by atoms with Crippen molar-refractivity contribution >= 4 is 29.5 Å². The number of fused-ring (bicyclic) bond motifs is 1. The number of alkyl halides is 2. The molecular weight excluding hydrogens is 368 g/mol. The van der Waals surface area contributed by atoms with Crippen LogP contribution < -0.4 is 4.90 Å². The number of aromatic nitrogens is 6. The molecule has 146 valence electrons. The van der Waals surface area contributed by atoms with Gasteiger partial charge in [0, 0.05) is 19.2 Å². The number of aryl methyl sites for hydroxylation is 2. The van der Waals surface area contributed by atoms with Crippen LogP contribution in [0.4, 0.5) is 14.6 Å². The summed E-state index contributed by atoms with van der Waals surface area (Å²) in [6.07, 6.45) is 4.96. The Morgan fingerprint density at radius 2 is 2.07 bits per heavy atom. The standard InChI is InChI=1S/C18H19F2N7O/c1-11-12(2)27-16(8-21-11)22-14(24-27)5-6-15-23-17(10-25(15)9-13(19)20)26-7-3-4-18(26)28/h5-6,8,10,13H,3-4,7,9H2,1-2H3/b6-5+. The van der Waals surface area contributed by atoms with Crippen LogP contribution in [0.2, 0.25) is 0 Å². The predicted octanol–water partition coefficient (Wildman–Crippen LogP) is 2.50. The molecule has 0 radical (unpaired) electrons. The van der Waals surface area contributed by atoms with Crippen LogP contribution in [0.15, 0.2) is 12.4 Å². The van der Waals surface area contributed by atoms with Crippen molar-refractivity contribution in [3.05, 3.63) is 35.4 Å². The van der Waals surface area contributed by atoms with Crippen LogP contribution >= 0.6 is 0 Å². The van der Waals surface area contributed by atoms with E-state index in [1.54, 1.807) is 22.9 Å². The van der Waals surface area contributed by atoms with Crippen LogP contribution in [0.5, 0.6) is 0 Å². The highest BCUT2D eigenvalue weighted by Crippen LogP contribution is 2.22. The van der Waals surface area contributed by atoms with Gasteiger partial charge in [-0.1, -0.05) is 0 Å². The van der Waals surface area contributed by atoms with Gasteiger partial charge in [0.05, 0.1) is 24.1 Å². The molecule has 1 aliphatic rings. The molecule has 28 heavy (non-hydrogen) atoms. The first-order chi connectivity index (χ1) is 13.4. The first-order valence-electron chi connectivity index (χ1n) is 8.95. The molecule has 0 spiro atoms. The van der Waals surface area contributed by atoms with Crippen LogP contribution in [-0.4, -0.2) is 48.0 Å². The van der Waals surface area contributed by atoms with Crippen molar-refractivity contribution in [3.8, 4) is 0 Å². The van der Waals surface area contributed by atoms with E-state index in [2.05, 4.69) is 20.1 Å². The number of amides is 1. The number of nitrogens with zero attached hydrogens (tertiary/aromatic N) is 7. The average Bonchev–Trinajstić information content (AvgIpc) is 3.34. The largest absolute Gasteiger partial charge is 0.323 e. The number of carbonyl (C=O) groups is 1. The Balaban J connectivity index is 1.67. The highest BCUT2D eigenvalue weighted by Gasteiger charge is 2.25. The van der Waals surface area contributed by atoms with Crippen LogP contribution in [0, 0.1) is 13.8 Å². The summed E-state index contributed by atoms with van der Waals surface area (Å²) in [7, 11) is 0. The molecule has 4 rings (SSSR count). The molecule has 0 aliphatic carbocycles. The second-order valence-electron chi connectivity index (χ2n) is 6.65. The van der Waals surface area contributed by atoms with Gasteiger partial charge in [0.25, 0.3) is 6.43 Å². The molecule has 0 aromatic carbocycles. The third-order valence-corrected chi connectivity index (χ3v) is 4.72. The summed E-state index contributed by atoms with van der Waals surface area (Å²) in [6, 6.07) is 0. The molecule has 3 aromatic rings. The number of anilines is 1. The van der Waals surface area contributed by atoms with E-state index < -0.39 is 13.0 Å². The third kappa shape index (κ3) is 3.37. The molecule has 0 atom stereocenters. The molecule has 1 saturated heterocycles. The van der Waals surface area contributed by atoms with Crippen LogP contribution in [0.1, 0.15) is 35.9 Å². The van der Waals surface area contributed by atoms with Crippen LogP contribution in [0.3, 0.4) is 0 Å². The quantitative estimate of drug-likeness (QED) is 0.672. The molecule has 3 aromatic heterocycles. The number of carbonyl (C=O) groups excluding carboxylic acids is 1. The van der Waals surface area contributed by atoms with E-state index in [4.69, 9.17) is 0 Å². The number of halogens is 2. The lowest BCUT2D eigenvalue weighted by Crippen LogP contribution is -2.23. The Hall–Kier alpha value is -3.17. The van der Waals surface area contributed by atoms with Crippen molar-refractivity contribution in [1.82, 2.24) is 29.1 Å². The van der Waals surface area contributed by atoms with Gasteiger partial charge in [0.2, 0.25) is 5.91 Å². The summed E-state index contributed by atoms with van der Waals surface area (Å²) in [6.45, 7) is 3.82. The van der Waals surface area contributed by atoms with Crippen LogP contribution in [-0.2, 0) is 11.3 Å². The lowest BCUT2D eigenvalue weighted by atomic mass is 10.3. The Kier molecular flexibility index (Phi) is 4.62. The molecule has 1 amide bonds. The number of rotatable bonds is 5. The smallest absolute Gasteiger partial charge is 0.256 e. The van der Waals surface area contributed by atoms with Gasteiger partial charge in [-0.2, -0.15) is 0 Å². The van der Waals surface area contributed by atoms with E-state index in [1.165, 1.54) is 15.7 Å². The number of hydrogen-bond acceptors (Lipinski definition) is 5. The second kappa shape index (κ2) is 7.10. The molecule has 1 aliphatic heterocycles.